The van der Waals surface area contributed by atoms with Gasteiger partial charge in [-0.05, 0) is 44.3 Å². The van der Waals surface area contributed by atoms with Crippen LogP contribution in [-0.2, 0) is 0 Å². The molecule has 1 atom stereocenters. The van der Waals surface area contributed by atoms with Gasteiger partial charge in [-0.3, -0.25) is 4.90 Å². The Labute approximate surface area is 114 Å². The van der Waals surface area contributed by atoms with E-state index in [4.69, 9.17) is 4.74 Å². The summed E-state index contributed by atoms with van der Waals surface area (Å²) in [7, 11) is 2.12. The molecule has 5 heteroatoms. The minimum atomic E-state index is -0.230. The van der Waals surface area contributed by atoms with E-state index >= 15 is 0 Å². The molecule has 1 aliphatic rings. The Morgan fingerprint density at radius 1 is 1.39 bits per heavy atom. The van der Waals surface area contributed by atoms with Gasteiger partial charge < -0.3 is 10.1 Å². The van der Waals surface area contributed by atoms with Crippen molar-refractivity contribution in [3.05, 3.63) is 30.1 Å². The number of likely N-dealkylation sites (N-methyl/N-ethyl adjacent to an activating group) is 1. The van der Waals surface area contributed by atoms with Gasteiger partial charge in [0.05, 0.1) is 0 Å². The molecule has 3 nitrogen and oxygen atoms in total. The summed E-state index contributed by atoms with van der Waals surface area (Å²) in [5.74, 6) is 0.496. The monoisotopic (exact) mass is 274 g/mol. The molecule has 1 saturated heterocycles. The molecule has 0 aliphatic carbocycles. The Morgan fingerprint density at radius 3 is 2.72 bits per heavy atom. The first-order chi connectivity index (χ1) is 8.25. The molecule has 0 aromatic heterocycles. The average Bonchev–Trinajstić information content (AvgIpc) is 2.85. The summed E-state index contributed by atoms with van der Waals surface area (Å²) >= 11 is 0. The first kappa shape index (κ1) is 15.2. The minimum Gasteiger partial charge on any atom is -0.492 e. The van der Waals surface area contributed by atoms with E-state index in [-0.39, 0.29) is 18.2 Å². The molecule has 1 N–H and O–H groups in total. The van der Waals surface area contributed by atoms with Crippen molar-refractivity contribution in [3.63, 3.8) is 0 Å². The third-order valence-corrected chi connectivity index (χ3v) is 3.18. The number of benzene rings is 1. The highest BCUT2D eigenvalue weighted by Crippen LogP contribution is 2.11. The number of rotatable bonds is 5. The van der Waals surface area contributed by atoms with Crippen molar-refractivity contribution in [2.75, 3.05) is 33.3 Å². The molecule has 0 spiro atoms. The molecule has 0 radical (unpaired) electrons. The van der Waals surface area contributed by atoms with Gasteiger partial charge in [-0.1, -0.05) is 0 Å². The van der Waals surface area contributed by atoms with Gasteiger partial charge >= 0.3 is 0 Å². The smallest absolute Gasteiger partial charge is 0.123 e. The SMILES string of the molecule is CN(CCOc1ccc(F)cc1)C1CCNC1.Cl. The summed E-state index contributed by atoms with van der Waals surface area (Å²) in [5, 5.41) is 3.34. The number of hydrogen-bond donors (Lipinski definition) is 1. The zero-order valence-electron chi connectivity index (χ0n) is 10.6. The molecule has 1 aliphatic heterocycles. The van der Waals surface area contributed by atoms with Crippen LogP contribution >= 0.6 is 12.4 Å². The topological polar surface area (TPSA) is 24.5 Å². The summed E-state index contributed by atoms with van der Waals surface area (Å²) in [6.07, 6.45) is 1.20. The number of nitrogens with zero attached hydrogens (tertiary/aromatic N) is 1. The second-order valence-electron chi connectivity index (χ2n) is 4.43. The molecule has 1 aromatic rings. The Bertz CT molecular complexity index is 341. The summed E-state index contributed by atoms with van der Waals surface area (Å²) in [5.41, 5.74) is 0. The maximum atomic E-state index is 12.7. The highest BCUT2D eigenvalue weighted by molar-refractivity contribution is 5.85. The predicted molar refractivity (Wildman–Crippen MR) is 73.0 cm³/mol. The van der Waals surface area contributed by atoms with Crippen molar-refractivity contribution in [2.45, 2.75) is 12.5 Å². The first-order valence-electron chi connectivity index (χ1n) is 6.05. The van der Waals surface area contributed by atoms with Gasteiger partial charge in [-0.25, -0.2) is 4.39 Å². The zero-order valence-corrected chi connectivity index (χ0v) is 11.4. The van der Waals surface area contributed by atoms with Crippen LogP contribution in [0.4, 0.5) is 4.39 Å². The zero-order chi connectivity index (χ0) is 12.1. The van der Waals surface area contributed by atoms with Gasteiger partial charge in [0.2, 0.25) is 0 Å². The fourth-order valence-corrected chi connectivity index (χ4v) is 2.04. The number of hydrogen-bond acceptors (Lipinski definition) is 3. The van der Waals surface area contributed by atoms with Crippen LogP contribution in [-0.4, -0.2) is 44.2 Å². The van der Waals surface area contributed by atoms with Crippen molar-refractivity contribution in [3.8, 4) is 5.75 Å². The second kappa shape index (κ2) is 7.56. The molecule has 1 unspecified atom stereocenters. The predicted octanol–water partition coefficient (Wildman–Crippen LogP) is 1.92. The van der Waals surface area contributed by atoms with Crippen molar-refractivity contribution in [1.29, 1.82) is 0 Å². The van der Waals surface area contributed by atoms with Crippen LogP contribution in [0.2, 0.25) is 0 Å². The van der Waals surface area contributed by atoms with Crippen molar-refractivity contribution < 1.29 is 9.13 Å². The van der Waals surface area contributed by atoms with Gasteiger partial charge in [0.15, 0.2) is 0 Å². The Balaban J connectivity index is 0.00000162. The lowest BCUT2D eigenvalue weighted by Gasteiger charge is -2.23. The molecule has 0 bridgehead atoms. The van der Waals surface area contributed by atoms with Crippen molar-refractivity contribution in [1.82, 2.24) is 10.2 Å². The minimum absolute atomic E-state index is 0. The van der Waals surface area contributed by atoms with Gasteiger partial charge in [0.1, 0.15) is 18.2 Å². The molecule has 1 fully saturated rings. The molecule has 0 saturated carbocycles. The molecule has 2 rings (SSSR count). The fourth-order valence-electron chi connectivity index (χ4n) is 2.04. The van der Waals surface area contributed by atoms with E-state index in [2.05, 4.69) is 17.3 Å². The highest BCUT2D eigenvalue weighted by atomic mass is 35.5. The molecule has 0 amide bonds. The molecule has 18 heavy (non-hydrogen) atoms. The quantitative estimate of drug-likeness (QED) is 0.888. The molecule has 1 aromatic carbocycles. The van der Waals surface area contributed by atoms with Crippen LogP contribution in [0.25, 0.3) is 0 Å². The summed E-state index contributed by atoms with van der Waals surface area (Å²) < 4.78 is 18.2. The number of halogens is 2. The standard InChI is InChI=1S/C13H19FN2O.ClH/c1-16(12-6-7-15-10-12)8-9-17-13-4-2-11(14)3-5-13;/h2-5,12,15H,6-10H2,1H3;1H. The Morgan fingerprint density at radius 2 is 2.11 bits per heavy atom. The maximum absolute atomic E-state index is 12.7. The number of nitrogens with one attached hydrogen (secondary N) is 1. The molecule has 1 heterocycles. The van der Waals surface area contributed by atoms with E-state index in [1.165, 1.54) is 18.6 Å². The normalized spacial score (nSPS) is 18.7. The van der Waals surface area contributed by atoms with Crippen molar-refractivity contribution >= 4 is 12.4 Å². The lowest BCUT2D eigenvalue weighted by Crippen LogP contribution is -2.36. The second-order valence-corrected chi connectivity index (χ2v) is 4.43. The molecular weight excluding hydrogens is 255 g/mol. The lowest BCUT2D eigenvalue weighted by molar-refractivity contribution is 0.199. The largest absolute Gasteiger partial charge is 0.492 e. The van der Waals surface area contributed by atoms with Gasteiger partial charge in [-0.15, -0.1) is 12.4 Å². The van der Waals surface area contributed by atoms with Crippen molar-refractivity contribution in [2.24, 2.45) is 0 Å². The Kier molecular flexibility index (Phi) is 6.39. The third-order valence-electron chi connectivity index (χ3n) is 3.18. The van der Waals surface area contributed by atoms with Crippen LogP contribution in [0.3, 0.4) is 0 Å². The van der Waals surface area contributed by atoms with E-state index in [9.17, 15) is 4.39 Å². The van der Waals surface area contributed by atoms with E-state index in [0.29, 0.717) is 12.6 Å². The van der Waals surface area contributed by atoms with Crippen LogP contribution in [0.15, 0.2) is 24.3 Å². The van der Waals surface area contributed by atoms with E-state index in [1.807, 2.05) is 0 Å². The fraction of sp³-hybridized carbons (Fsp3) is 0.538. The van der Waals surface area contributed by atoms with E-state index in [1.54, 1.807) is 12.1 Å². The molecular formula is C13H20ClFN2O. The van der Waals surface area contributed by atoms with Gasteiger partial charge in [0.25, 0.3) is 0 Å². The van der Waals surface area contributed by atoms with Gasteiger partial charge in [0, 0.05) is 19.1 Å². The van der Waals surface area contributed by atoms with Crippen LogP contribution in [0.1, 0.15) is 6.42 Å². The van der Waals surface area contributed by atoms with Crippen LogP contribution < -0.4 is 10.1 Å². The summed E-state index contributed by atoms with van der Waals surface area (Å²) in [6.45, 7) is 3.70. The lowest BCUT2D eigenvalue weighted by atomic mass is 10.2. The third kappa shape index (κ3) is 4.44. The maximum Gasteiger partial charge on any atom is 0.123 e. The van der Waals surface area contributed by atoms with Gasteiger partial charge in [-0.2, -0.15) is 0 Å². The Hall–Kier alpha value is -0.840. The average molecular weight is 275 g/mol. The van der Waals surface area contributed by atoms with Crippen LogP contribution in [0.5, 0.6) is 5.75 Å². The summed E-state index contributed by atoms with van der Waals surface area (Å²) in [4.78, 5) is 2.31. The summed E-state index contributed by atoms with van der Waals surface area (Å²) in [6, 6.07) is 6.77. The molecule has 102 valence electrons. The van der Waals surface area contributed by atoms with E-state index < -0.39 is 0 Å². The van der Waals surface area contributed by atoms with Crippen LogP contribution in [0, 0.1) is 5.82 Å². The highest BCUT2D eigenvalue weighted by Gasteiger charge is 2.18. The first-order valence-corrected chi connectivity index (χ1v) is 6.05. The number of ether oxygens (including phenoxy) is 1. The van der Waals surface area contributed by atoms with E-state index in [0.717, 1.165) is 25.4 Å².